The van der Waals surface area contributed by atoms with Gasteiger partial charge < -0.3 is 15.6 Å². The van der Waals surface area contributed by atoms with E-state index in [1.807, 2.05) is 13.1 Å². The third kappa shape index (κ3) is 3.87. The molecule has 1 aliphatic heterocycles. The van der Waals surface area contributed by atoms with Gasteiger partial charge in [-0.3, -0.25) is 4.90 Å². The molecule has 7 heteroatoms. The Balaban J connectivity index is 1.61. The summed E-state index contributed by atoms with van der Waals surface area (Å²) in [5.41, 5.74) is 9.02. The van der Waals surface area contributed by atoms with Crippen molar-refractivity contribution in [1.82, 2.24) is 19.9 Å². The van der Waals surface area contributed by atoms with Gasteiger partial charge in [0.25, 0.3) is 0 Å². The molecule has 2 aromatic rings. The Labute approximate surface area is 135 Å². The van der Waals surface area contributed by atoms with Crippen molar-refractivity contribution in [1.29, 1.82) is 0 Å². The maximum Gasteiger partial charge on any atom is 0.132 e. The molecule has 0 amide bonds. The number of rotatable bonds is 6. The van der Waals surface area contributed by atoms with Gasteiger partial charge in [-0.25, -0.2) is 4.68 Å². The molecule has 124 valence electrons. The van der Waals surface area contributed by atoms with Gasteiger partial charge in [0, 0.05) is 33.2 Å². The minimum atomic E-state index is -0.452. The maximum absolute atomic E-state index is 9.69. The molecule has 23 heavy (non-hydrogen) atoms. The Bertz CT molecular complexity index is 658. The van der Waals surface area contributed by atoms with E-state index in [1.54, 1.807) is 10.9 Å². The predicted molar refractivity (Wildman–Crippen MR) is 85.8 cm³/mol. The third-order valence-corrected chi connectivity index (χ3v) is 4.21. The zero-order valence-electron chi connectivity index (χ0n) is 13.4. The molecule has 0 saturated carbocycles. The normalized spacial score (nSPS) is 16.1. The average molecular weight is 317 g/mol. The number of aliphatic hydroxyl groups excluding tert-OH is 1. The first-order valence-corrected chi connectivity index (χ1v) is 7.84. The van der Waals surface area contributed by atoms with Crippen LogP contribution in [0.2, 0.25) is 0 Å². The largest absolute Gasteiger partial charge is 0.487 e. The van der Waals surface area contributed by atoms with E-state index in [1.165, 1.54) is 11.1 Å². The smallest absolute Gasteiger partial charge is 0.132 e. The summed E-state index contributed by atoms with van der Waals surface area (Å²) in [5.74, 6) is 0.861. The van der Waals surface area contributed by atoms with Crippen LogP contribution >= 0.6 is 0 Å². The summed E-state index contributed by atoms with van der Waals surface area (Å²) in [7, 11) is 1.85. The Morgan fingerprint density at radius 2 is 2.26 bits per heavy atom. The van der Waals surface area contributed by atoms with Gasteiger partial charge in [-0.2, -0.15) is 0 Å². The number of benzene rings is 1. The fourth-order valence-corrected chi connectivity index (χ4v) is 2.80. The number of aliphatic hydroxyl groups is 1. The van der Waals surface area contributed by atoms with Crippen LogP contribution in [0.3, 0.4) is 0 Å². The minimum absolute atomic E-state index is 0.305. The van der Waals surface area contributed by atoms with Gasteiger partial charge in [0.05, 0.1) is 18.0 Å². The number of β-amino-alcohol motifs (C(OH)–C–C–N with tert-alkyl or cyclic N) is 1. The Kier molecular flexibility index (Phi) is 4.90. The van der Waals surface area contributed by atoms with Crippen molar-refractivity contribution in [3.05, 3.63) is 41.2 Å². The number of fused-ring (bicyclic) bond motifs is 1. The predicted octanol–water partition coefficient (Wildman–Crippen LogP) is 0.0718. The molecule has 3 N–H and O–H groups in total. The van der Waals surface area contributed by atoms with Crippen molar-refractivity contribution in [3.63, 3.8) is 0 Å². The lowest BCUT2D eigenvalue weighted by Crippen LogP contribution is -2.39. The quantitative estimate of drug-likeness (QED) is 0.784. The molecule has 7 nitrogen and oxygen atoms in total. The highest BCUT2D eigenvalue weighted by Crippen LogP contribution is 2.24. The first-order chi connectivity index (χ1) is 11.2. The molecule has 0 saturated heterocycles. The summed E-state index contributed by atoms with van der Waals surface area (Å²) < 4.78 is 7.54. The highest BCUT2D eigenvalue weighted by Gasteiger charge is 2.18. The van der Waals surface area contributed by atoms with Crippen molar-refractivity contribution in [2.75, 3.05) is 19.6 Å². The van der Waals surface area contributed by atoms with Crippen molar-refractivity contribution in [3.8, 4) is 5.75 Å². The first kappa shape index (κ1) is 15.9. The summed E-state index contributed by atoms with van der Waals surface area (Å²) in [4.78, 5) is 2.24. The second-order valence-corrected chi connectivity index (χ2v) is 5.94. The molecule has 2 heterocycles. The molecule has 1 aromatic carbocycles. The summed E-state index contributed by atoms with van der Waals surface area (Å²) in [6.07, 6.45) is 2.21. The number of aromatic nitrogens is 3. The fraction of sp³-hybridized carbons (Fsp3) is 0.500. The van der Waals surface area contributed by atoms with E-state index in [0.717, 1.165) is 31.0 Å². The molecule has 0 spiro atoms. The van der Waals surface area contributed by atoms with E-state index in [-0.39, 0.29) is 0 Å². The molecular weight excluding hydrogens is 294 g/mol. The zero-order valence-corrected chi connectivity index (χ0v) is 13.4. The lowest BCUT2D eigenvalue weighted by molar-refractivity contribution is 0.111. The third-order valence-electron chi connectivity index (χ3n) is 4.21. The van der Waals surface area contributed by atoms with Crippen molar-refractivity contribution < 1.29 is 9.84 Å². The standard InChI is InChI=1S/C16H23N5O2/c1-20-14(8-18-19-20)11-23-16-3-2-13-9-21(10-15(22)7-17)5-4-12(13)6-16/h2-3,6,8,15,22H,4-5,7,9-11,17H2,1H3/t15-/m0/s1. The SMILES string of the molecule is Cn1nncc1COc1ccc2c(c1)CCN(C[C@@H](O)CN)C2. The van der Waals surface area contributed by atoms with Crippen LogP contribution < -0.4 is 10.5 Å². The number of nitrogens with two attached hydrogens (primary N) is 1. The molecule has 3 rings (SSSR count). The molecule has 0 unspecified atom stereocenters. The van der Waals surface area contributed by atoms with Crippen LogP contribution in [-0.4, -0.2) is 50.7 Å². The van der Waals surface area contributed by atoms with Crippen LogP contribution in [0.1, 0.15) is 16.8 Å². The van der Waals surface area contributed by atoms with Crippen LogP contribution in [0.15, 0.2) is 24.4 Å². The minimum Gasteiger partial charge on any atom is -0.487 e. The van der Waals surface area contributed by atoms with Crippen molar-refractivity contribution >= 4 is 0 Å². The number of aryl methyl sites for hydroxylation is 1. The topological polar surface area (TPSA) is 89.4 Å². The van der Waals surface area contributed by atoms with Gasteiger partial charge in [-0.05, 0) is 29.7 Å². The summed E-state index contributed by atoms with van der Waals surface area (Å²) in [6.45, 7) is 3.16. The lowest BCUT2D eigenvalue weighted by atomic mass is 9.99. The molecule has 1 atom stereocenters. The highest BCUT2D eigenvalue weighted by molar-refractivity contribution is 5.37. The Morgan fingerprint density at radius 1 is 1.39 bits per heavy atom. The van der Waals surface area contributed by atoms with Gasteiger partial charge in [-0.1, -0.05) is 11.3 Å². The summed E-state index contributed by atoms with van der Waals surface area (Å²) in [6, 6.07) is 6.20. The second kappa shape index (κ2) is 7.08. The Morgan fingerprint density at radius 3 is 3.00 bits per heavy atom. The first-order valence-electron chi connectivity index (χ1n) is 7.84. The van der Waals surface area contributed by atoms with E-state index in [9.17, 15) is 5.11 Å². The number of ether oxygens (including phenoxy) is 1. The van der Waals surface area contributed by atoms with E-state index < -0.39 is 6.10 Å². The van der Waals surface area contributed by atoms with Crippen molar-refractivity contribution in [2.45, 2.75) is 25.7 Å². The fourth-order valence-electron chi connectivity index (χ4n) is 2.80. The number of nitrogens with zero attached hydrogens (tertiary/aromatic N) is 4. The van der Waals surface area contributed by atoms with Crippen LogP contribution in [0.5, 0.6) is 5.75 Å². The monoisotopic (exact) mass is 317 g/mol. The van der Waals surface area contributed by atoms with Gasteiger partial charge in [0.1, 0.15) is 12.4 Å². The van der Waals surface area contributed by atoms with E-state index in [4.69, 9.17) is 10.5 Å². The van der Waals surface area contributed by atoms with Crippen LogP contribution in [0.25, 0.3) is 0 Å². The van der Waals surface area contributed by atoms with Gasteiger partial charge in [0.2, 0.25) is 0 Å². The van der Waals surface area contributed by atoms with Gasteiger partial charge in [0.15, 0.2) is 0 Å². The summed E-state index contributed by atoms with van der Waals surface area (Å²) in [5, 5.41) is 17.4. The molecule has 0 radical (unpaired) electrons. The molecule has 1 aromatic heterocycles. The molecule has 0 bridgehead atoms. The Hall–Kier alpha value is -1.96. The van der Waals surface area contributed by atoms with E-state index in [0.29, 0.717) is 19.7 Å². The van der Waals surface area contributed by atoms with E-state index in [2.05, 4.69) is 27.3 Å². The number of hydrogen-bond acceptors (Lipinski definition) is 6. The lowest BCUT2D eigenvalue weighted by Gasteiger charge is -2.30. The summed E-state index contributed by atoms with van der Waals surface area (Å²) >= 11 is 0. The molecule has 1 aliphatic rings. The van der Waals surface area contributed by atoms with E-state index >= 15 is 0 Å². The average Bonchev–Trinajstić information content (AvgIpc) is 2.97. The maximum atomic E-state index is 9.69. The second-order valence-electron chi connectivity index (χ2n) is 5.94. The van der Waals surface area contributed by atoms with Gasteiger partial charge >= 0.3 is 0 Å². The van der Waals surface area contributed by atoms with Gasteiger partial charge in [-0.15, -0.1) is 5.10 Å². The highest BCUT2D eigenvalue weighted by atomic mass is 16.5. The molecular formula is C16H23N5O2. The van der Waals surface area contributed by atoms with Crippen LogP contribution in [0, 0.1) is 0 Å². The van der Waals surface area contributed by atoms with Crippen molar-refractivity contribution in [2.24, 2.45) is 12.8 Å². The molecule has 0 fully saturated rings. The van der Waals surface area contributed by atoms with Crippen LogP contribution in [0.4, 0.5) is 0 Å². The molecule has 0 aliphatic carbocycles. The van der Waals surface area contributed by atoms with Crippen LogP contribution in [-0.2, 0) is 26.6 Å². The number of hydrogen-bond donors (Lipinski definition) is 2. The zero-order chi connectivity index (χ0) is 16.2.